The fourth-order valence-corrected chi connectivity index (χ4v) is 3.01. The lowest BCUT2D eigenvalue weighted by Crippen LogP contribution is -2.43. The summed E-state index contributed by atoms with van der Waals surface area (Å²) in [4.78, 5) is 28.3. The van der Waals surface area contributed by atoms with Crippen molar-refractivity contribution in [1.29, 1.82) is 0 Å². The van der Waals surface area contributed by atoms with E-state index in [0.29, 0.717) is 36.0 Å². The van der Waals surface area contributed by atoms with Crippen LogP contribution in [0.15, 0.2) is 12.1 Å². The monoisotopic (exact) mass is 401 g/mol. The first kappa shape index (κ1) is 22.9. The molecule has 0 spiro atoms. The lowest BCUT2D eigenvalue weighted by molar-refractivity contribution is -0.136. The molecule has 1 heterocycles. The van der Waals surface area contributed by atoms with Crippen LogP contribution in [0, 0.1) is 5.92 Å². The number of halogens is 1. The highest BCUT2D eigenvalue weighted by molar-refractivity contribution is 6.00. The van der Waals surface area contributed by atoms with Crippen LogP contribution in [0.25, 0.3) is 0 Å². The van der Waals surface area contributed by atoms with Gasteiger partial charge in [-0.3, -0.25) is 9.59 Å². The summed E-state index contributed by atoms with van der Waals surface area (Å²) in [7, 11) is 6.27. The van der Waals surface area contributed by atoms with Crippen molar-refractivity contribution in [1.82, 2.24) is 4.90 Å². The number of hydrogen-bond donors (Lipinski definition) is 1. The molecule has 1 aliphatic heterocycles. The summed E-state index contributed by atoms with van der Waals surface area (Å²) in [5.74, 6) is 0.768. The Hall–Kier alpha value is -2.19. The van der Waals surface area contributed by atoms with Crippen LogP contribution in [0.1, 0.15) is 13.3 Å². The van der Waals surface area contributed by atoms with Crippen molar-refractivity contribution in [2.75, 3.05) is 46.4 Å². The number of amides is 2. The zero-order chi connectivity index (χ0) is 19.4. The minimum absolute atomic E-state index is 0. The first-order chi connectivity index (χ1) is 12.4. The maximum absolute atomic E-state index is 12.6. The van der Waals surface area contributed by atoms with Crippen molar-refractivity contribution in [3.63, 3.8) is 0 Å². The SMILES string of the molecule is COc1cc(N2CC(C(=O)N(C)C(C)CN)CC2=O)cc(OC)c1OC.Cl. The molecule has 1 saturated heterocycles. The number of likely N-dealkylation sites (N-methyl/N-ethyl adjacent to an activating group) is 1. The Morgan fingerprint density at radius 1 is 1.26 bits per heavy atom. The molecule has 2 atom stereocenters. The molecule has 0 aliphatic carbocycles. The predicted octanol–water partition coefficient (Wildman–Crippen LogP) is 1.29. The molecule has 0 bridgehead atoms. The average molecular weight is 402 g/mol. The third kappa shape index (κ3) is 4.56. The number of benzene rings is 1. The summed E-state index contributed by atoms with van der Waals surface area (Å²) >= 11 is 0. The van der Waals surface area contributed by atoms with Crippen LogP contribution in [0.2, 0.25) is 0 Å². The molecular formula is C18H28ClN3O5. The molecule has 152 valence electrons. The molecule has 9 heteroatoms. The van der Waals surface area contributed by atoms with Gasteiger partial charge in [-0.25, -0.2) is 0 Å². The van der Waals surface area contributed by atoms with E-state index in [1.807, 2.05) is 6.92 Å². The molecule has 2 unspecified atom stereocenters. The summed E-state index contributed by atoms with van der Waals surface area (Å²) in [6, 6.07) is 3.34. The van der Waals surface area contributed by atoms with E-state index in [-0.39, 0.29) is 36.7 Å². The fourth-order valence-electron chi connectivity index (χ4n) is 3.01. The van der Waals surface area contributed by atoms with E-state index in [1.165, 1.54) is 21.3 Å². The second kappa shape index (κ2) is 9.66. The Morgan fingerprint density at radius 3 is 2.26 bits per heavy atom. The molecule has 1 aromatic rings. The molecule has 1 aliphatic rings. The van der Waals surface area contributed by atoms with E-state index in [2.05, 4.69) is 0 Å². The highest BCUT2D eigenvalue weighted by Gasteiger charge is 2.37. The van der Waals surface area contributed by atoms with Gasteiger partial charge in [0.25, 0.3) is 0 Å². The summed E-state index contributed by atoms with van der Waals surface area (Å²) in [5, 5.41) is 0. The second-order valence-electron chi connectivity index (χ2n) is 6.32. The Labute approximate surface area is 165 Å². The molecule has 2 amide bonds. The van der Waals surface area contributed by atoms with Crippen molar-refractivity contribution in [2.45, 2.75) is 19.4 Å². The van der Waals surface area contributed by atoms with Crippen LogP contribution in [0.3, 0.4) is 0 Å². The van der Waals surface area contributed by atoms with Gasteiger partial charge < -0.3 is 29.7 Å². The standard InChI is InChI=1S/C18H27N3O5.ClH/c1-11(9-19)20(2)18(23)12-6-16(22)21(10-12)13-7-14(24-3)17(26-5)15(8-13)25-4;/h7-8,11-12H,6,9-10,19H2,1-5H3;1H. The highest BCUT2D eigenvalue weighted by Crippen LogP contribution is 2.42. The minimum atomic E-state index is -0.402. The number of nitrogens with two attached hydrogens (primary N) is 1. The number of methoxy groups -OCH3 is 3. The summed E-state index contributed by atoms with van der Waals surface area (Å²) in [5.41, 5.74) is 6.24. The lowest BCUT2D eigenvalue weighted by atomic mass is 10.1. The van der Waals surface area contributed by atoms with Gasteiger partial charge in [0.1, 0.15) is 0 Å². The van der Waals surface area contributed by atoms with Crippen LogP contribution in [0.5, 0.6) is 17.2 Å². The molecule has 2 rings (SSSR count). The number of carbonyl (C=O) groups is 2. The van der Waals surface area contributed by atoms with Gasteiger partial charge >= 0.3 is 0 Å². The van der Waals surface area contributed by atoms with Crippen LogP contribution in [0.4, 0.5) is 5.69 Å². The highest BCUT2D eigenvalue weighted by atomic mass is 35.5. The maximum atomic E-state index is 12.6. The Balaban J connectivity index is 0.00000364. The van der Waals surface area contributed by atoms with Gasteiger partial charge in [0.2, 0.25) is 17.6 Å². The van der Waals surface area contributed by atoms with Crippen LogP contribution < -0.4 is 24.8 Å². The van der Waals surface area contributed by atoms with Crippen LogP contribution in [-0.2, 0) is 9.59 Å². The number of ether oxygens (including phenoxy) is 3. The normalized spacial score (nSPS) is 17.2. The van der Waals surface area contributed by atoms with Crippen molar-refractivity contribution in [3.8, 4) is 17.2 Å². The topological polar surface area (TPSA) is 94.3 Å². The second-order valence-corrected chi connectivity index (χ2v) is 6.32. The predicted molar refractivity (Wildman–Crippen MR) is 105 cm³/mol. The Bertz CT molecular complexity index is 660. The van der Waals surface area contributed by atoms with Crippen LogP contribution in [-0.4, -0.2) is 64.2 Å². The quantitative estimate of drug-likeness (QED) is 0.739. The number of carbonyl (C=O) groups excluding carboxylic acids is 2. The molecular weight excluding hydrogens is 374 g/mol. The number of anilines is 1. The summed E-state index contributed by atoms with van der Waals surface area (Å²) < 4.78 is 16.0. The van der Waals surface area contributed by atoms with Crippen molar-refractivity contribution >= 4 is 29.9 Å². The van der Waals surface area contributed by atoms with Gasteiger partial charge in [-0.15, -0.1) is 12.4 Å². The van der Waals surface area contributed by atoms with E-state index < -0.39 is 5.92 Å². The summed E-state index contributed by atoms with van der Waals surface area (Å²) in [6.45, 7) is 2.56. The van der Waals surface area contributed by atoms with E-state index >= 15 is 0 Å². The van der Waals surface area contributed by atoms with E-state index in [4.69, 9.17) is 19.9 Å². The third-order valence-electron chi connectivity index (χ3n) is 4.79. The third-order valence-corrected chi connectivity index (χ3v) is 4.79. The largest absolute Gasteiger partial charge is 0.493 e. The van der Waals surface area contributed by atoms with Gasteiger partial charge in [-0.05, 0) is 6.92 Å². The molecule has 2 N–H and O–H groups in total. The molecule has 27 heavy (non-hydrogen) atoms. The van der Waals surface area contributed by atoms with E-state index in [9.17, 15) is 9.59 Å². The Morgan fingerprint density at radius 2 is 1.81 bits per heavy atom. The van der Waals surface area contributed by atoms with Crippen molar-refractivity contribution in [2.24, 2.45) is 11.7 Å². The lowest BCUT2D eigenvalue weighted by Gasteiger charge is -2.26. The average Bonchev–Trinajstić information content (AvgIpc) is 3.06. The smallest absolute Gasteiger partial charge is 0.228 e. The van der Waals surface area contributed by atoms with Gasteiger partial charge in [0.05, 0.1) is 32.9 Å². The van der Waals surface area contributed by atoms with Gasteiger partial charge in [0.15, 0.2) is 11.5 Å². The number of rotatable bonds is 7. The number of hydrogen-bond acceptors (Lipinski definition) is 6. The minimum Gasteiger partial charge on any atom is -0.493 e. The zero-order valence-electron chi connectivity index (χ0n) is 16.4. The number of nitrogens with zero attached hydrogens (tertiary/aromatic N) is 2. The van der Waals surface area contributed by atoms with E-state index in [1.54, 1.807) is 29.0 Å². The molecule has 0 aromatic heterocycles. The molecule has 0 radical (unpaired) electrons. The van der Waals surface area contributed by atoms with E-state index in [0.717, 1.165) is 0 Å². The van der Waals surface area contributed by atoms with Crippen LogP contribution >= 0.6 is 12.4 Å². The Kier molecular flexibility index (Phi) is 8.18. The first-order valence-corrected chi connectivity index (χ1v) is 8.45. The molecule has 0 saturated carbocycles. The molecule has 1 aromatic carbocycles. The van der Waals surface area contributed by atoms with Gasteiger partial charge in [-0.1, -0.05) is 0 Å². The van der Waals surface area contributed by atoms with Gasteiger partial charge in [-0.2, -0.15) is 0 Å². The molecule has 1 fully saturated rings. The summed E-state index contributed by atoms with van der Waals surface area (Å²) in [6.07, 6.45) is 0.164. The molecule has 8 nitrogen and oxygen atoms in total. The fraction of sp³-hybridized carbons (Fsp3) is 0.556. The maximum Gasteiger partial charge on any atom is 0.228 e. The van der Waals surface area contributed by atoms with Gasteiger partial charge in [0, 0.05) is 44.7 Å². The first-order valence-electron chi connectivity index (χ1n) is 8.45. The van der Waals surface area contributed by atoms with Crippen molar-refractivity contribution < 1.29 is 23.8 Å². The van der Waals surface area contributed by atoms with Crippen molar-refractivity contribution in [3.05, 3.63) is 12.1 Å². The zero-order valence-corrected chi connectivity index (χ0v) is 17.2.